The summed E-state index contributed by atoms with van der Waals surface area (Å²) in [5, 5.41) is 6.89. The molecule has 0 aromatic carbocycles. The van der Waals surface area contributed by atoms with Crippen LogP contribution >= 0.6 is 0 Å². The van der Waals surface area contributed by atoms with E-state index in [1.807, 2.05) is 12.4 Å². The monoisotopic (exact) mass is 263 g/mol. The van der Waals surface area contributed by atoms with E-state index in [4.69, 9.17) is 0 Å². The lowest BCUT2D eigenvalue weighted by Crippen LogP contribution is -2.15. The first-order chi connectivity index (χ1) is 9.11. The minimum Gasteiger partial charge on any atom is -0.384 e. The van der Waals surface area contributed by atoms with E-state index in [1.54, 1.807) is 0 Å². The zero-order chi connectivity index (χ0) is 14.1. The number of rotatable bonds is 9. The topological polar surface area (TPSA) is 37.0 Å². The van der Waals surface area contributed by atoms with Gasteiger partial charge in [0, 0.05) is 12.6 Å². The van der Waals surface area contributed by atoms with Crippen LogP contribution in [0.1, 0.15) is 53.4 Å². The van der Waals surface area contributed by atoms with Gasteiger partial charge in [-0.3, -0.25) is 4.98 Å². The van der Waals surface area contributed by atoms with Crippen LogP contribution < -0.4 is 10.6 Å². The zero-order valence-corrected chi connectivity index (χ0v) is 12.9. The Labute approximate surface area is 118 Å². The molecule has 0 aliphatic rings. The molecule has 19 heavy (non-hydrogen) atoms. The molecule has 0 aliphatic carbocycles. The van der Waals surface area contributed by atoms with Gasteiger partial charge in [-0.2, -0.15) is 0 Å². The van der Waals surface area contributed by atoms with E-state index in [0.717, 1.165) is 30.3 Å². The Morgan fingerprint density at radius 2 is 1.84 bits per heavy atom. The van der Waals surface area contributed by atoms with E-state index in [-0.39, 0.29) is 0 Å². The molecule has 0 bridgehead atoms. The van der Waals surface area contributed by atoms with Crippen LogP contribution in [0.2, 0.25) is 0 Å². The molecule has 0 aliphatic heterocycles. The van der Waals surface area contributed by atoms with Crippen molar-refractivity contribution in [3.8, 4) is 0 Å². The summed E-state index contributed by atoms with van der Waals surface area (Å²) in [4.78, 5) is 4.27. The Morgan fingerprint density at radius 3 is 2.53 bits per heavy atom. The van der Waals surface area contributed by atoms with Crippen LogP contribution in [-0.4, -0.2) is 17.6 Å². The third-order valence-corrected chi connectivity index (χ3v) is 3.15. The fourth-order valence-corrected chi connectivity index (χ4v) is 2.07. The number of pyridine rings is 1. The van der Waals surface area contributed by atoms with Crippen molar-refractivity contribution in [2.75, 3.05) is 17.2 Å². The van der Waals surface area contributed by atoms with Crippen molar-refractivity contribution in [1.29, 1.82) is 0 Å². The molecule has 1 aromatic rings. The van der Waals surface area contributed by atoms with Crippen LogP contribution in [0, 0.1) is 5.92 Å². The summed E-state index contributed by atoms with van der Waals surface area (Å²) in [6, 6.07) is 2.64. The SMILES string of the molecule is CCCNc1cncc(NC(C)CCCC(C)C)c1. The summed E-state index contributed by atoms with van der Waals surface area (Å²) >= 11 is 0. The summed E-state index contributed by atoms with van der Waals surface area (Å²) in [5.74, 6) is 0.801. The van der Waals surface area contributed by atoms with Crippen molar-refractivity contribution in [1.82, 2.24) is 4.98 Å². The van der Waals surface area contributed by atoms with Gasteiger partial charge < -0.3 is 10.6 Å². The number of aromatic nitrogens is 1. The molecule has 1 heterocycles. The summed E-state index contributed by atoms with van der Waals surface area (Å²) in [5.41, 5.74) is 2.21. The molecule has 3 nitrogen and oxygen atoms in total. The fourth-order valence-electron chi connectivity index (χ4n) is 2.07. The smallest absolute Gasteiger partial charge is 0.0549 e. The predicted octanol–water partition coefficient (Wildman–Crippen LogP) is 4.53. The highest BCUT2D eigenvalue weighted by Gasteiger charge is 2.04. The van der Waals surface area contributed by atoms with Crippen LogP contribution in [0.4, 0.5) is 11.4 Å². The highest BCUT2D eigenvalue weighted by atomic mass is 14.9. The first-order valence-electron chi connectivity index (χ1n) is 7.57. The molecule has 0 saturated carbocycles. The van der Waals surface area contributed by atoms with Gasteiger partial charge in [0.1, 0.15) is 0 Å². The number of hydrogen-bond donors (Lipinski definition) is 2. The molecule has 1 aromatic heterocycles. The van der Waals surface area contributed by atoms with Crippen LogP contribution in [0.25, 0.3) is 0 Å². The molecule has 1 atom stereocenters. The van der Waals surface area contributed by atoms with Crippen molar-refractivity contribution >= 4 is 11.4 Å². The van der Waals surface area contributed by atoms with Gasteiger partial charge in [0.25, 0.3) is 0 Å². The van der Waals surface area contributed by atoms with E-state index in [0.29, 0.717) is 6.04 Å². The van der Waals surface area contributed by atoms with E-state index in [2.05, 4.69) is 49.4 Å². The average Bonchev–Trinajstić information content (AvgIpc) is 2.36. The Morgan fingerprint density at radius 1 is 1.11 bits per heavy atom. The van der Waals surface area contributed by atoms with Crippen molar-refractivity contribution in [2.24, 2.45) is 5.92 Å². The summed E-state index contributed by atoms with van der Waals surface area (Å²) in [6.07, 6.45) is 8.71. The molecule has 0 amide bonds. The van der Waals surface area contributed by atoms with Crippen molar-refractivity contribution in [3.63, 3.8) is 0 Å². The van der Waals surface area contributed by atoms with Gasteiger partial charge in [-0.25, -0.2) is 0 Å². The molecule has 3 heteroatoms. The summed E-state index contributed by atoms with van der Waals surface area (Å²) in [6.45, 7) is 9.97. The number of nitrogens with zero attached hydrogens (tertiary/aromatic N) is 1. The molecule has 1 unspecified atom stereocenters. The summed E-state index contributed by atoms with van der Waals surface area (Å²) in [7, 11) is 0. The Hall–Kier alpha value is -1.25. The van der Waals surface area contributed by atoms with Crippen molar-refractivity contribution in [3.05, 3.63) is 18.5 Å². The fraction of sp³-hybridized carbons (Fsp3) is 0.688. The number of hydrogen-bond acceptors (Lipinski definition) is 3. The largest absolute Gasteiger partial charge is 0.384 e. The van der Waals surface area contributed by atoms with Crippen LogP contribution in [-0.2, 0) is 0 Å². The first kappa shape index (κ1) is 15.8. The van der Waals surface area contributed by atoms with Crippen molar-refractivity contribution < 1.29 is 0 Å². The van der Waals surface area contributed by atoms with Gasteiger partial charge in [0.15, 0.2) is 0 Å². The lowest BCUT2D eigenvalue weighted by atomic mass is 10.0. The number of nitrogens with one attached hydrogen (secondary N) is 2. The second kappa shape index (κ2) is 8.78. The third kappa shape index (κ3) is 7.04. The second-order valence-electron chi connectivity index (χ2n) is 5.76. The molecular formula is C16H29N3. The van der Waals surface area contributed by atoms with Crippen molar-refractivity contribution in [2.45, 2.75) is 59.4 Å². The minimum atomic E-state index is 0.502. The predicted molar refractivity (Wildman–Crippen MR) is 84.8 cm³/mol. The van der Waals surface area contributed by atoms with Gasteiger partial charge >= 0.3 is 0 Å². The highest BCUT2D eigenvalue weighted by Crippen LogP contribution is 2.16. The maximum atomic E-state index is 4.27. The molecule has 0 fully saturated rings. The van der Waals surface area contributed by atoms with Gasteiger partial charge in [0.05, 0.1) is 23.8 Å². The van der Waals surface area contributed by atoms with Crippen LogP contribution in [0.5, 0.6) is 0 Å². The standard InChI is InChI=1S/C16H29N3/c1-5-9-18-15-10-16(12-17-11-15)19-14(4)8-6-7-13(2)3/h10-14,18-19H,5-9H2,1-4H3. The lowest BCUT2D eigenvalue weighted by molar-refractivity contribution is 0.520. The third-order valence-electron chi connectivity index (χ3n) is 3.15. The quantitative estimate of drug-likeness (QED) is 0.687. The molecule has 108 valence electrons. The van der Waals surface area contributed by atoms with E-state index < -0.39 is 0 Å². The molecule has 0 spiro atoms. The maximum absolute atomic E-state index is 4.27. The van der Waals surface area contributed by atoms with E-state index in [9.17, 15) is 0 Å². The summed E-state index contributed by atoms with van der Waals surface area (Å²) < 4.78 is 0. The van der Waals surface area contributed by atoms with Crippen LogP contribution in [0.15, 0.2) is 18.5 Å². The second-order valence-corrected chi connectivity index (χ2v) is 5.76. The molecule has 1 rings (SSSR count). The van der Waals surface area contributed by atoms with E-state index in [1.165, 1.54) is 19.3 Å². The normalized spacial score (nSPS) is 12.5. The first-order valence-corrected chi connectivity index (χ1v) is 7.57. The molecule has 0 radical (unpaired) electrons. The minimum absolute atomic E-state index is 0.502. The Bertz CT molecular complexity index is 350. The van der Waals surface area contributed by atoms with Gasteiger partial charge in [-0.15, -0.1) is 0 Å². The van der Waals surface area contributed by atoms with Crippen LogP contribution in [0.3, 0.4) is 0 Å². The van der Waals surface area contributed by atoms with Gasteiger partial charge in [-0.05, 0) is 31.7 Å². The average molecular weight is 263 g/mol. The highest BCUT2D eigenvalue weighted by molar-refractivity contribution is 5.54. The lowest BCUT2D eigenvalue weighted by Gasteiger charge is -2.16. The van der Waals surface area contributed by atoms with E-state index >= 15 is 0 Å². The Kier molecular flexibility index (Phi) is 7.31. The molecule has 0 saturated heterocycles. The van der Waals surface area contributed by atoms with Gasteiger partial charge in [-0.1, -0.05) is 33.6 Å². The molecule has 2 N–H and O–H groups in total. The maximum Gasteiger partial charge on any atom is 0.0549 e. The number of anilines is 2. The Balaban J connectivity index is 2.38. The molecular weight excluding hydrogens is 234 g/mol. The van der Waals surface area contributed by atoms with Gasteiger partial charge in [0.2, 0.25) is 0 Å². The zero-order valence-electron chi connectivity index (χ0n) is 12.9.